The number of ether oxygens (including phenoxy) is 1. The predicted octanol–water partition coefficient (Wildman–Crippen LogP) is 2.60. The number of carbonyl (C=O) groups excluding carboxylic acids is 2. The number of piperazine rings is 1. The molecule has 5 rings (SSSR count). The van der Waals surface area contributed by atoms with Gasteiger partial charge < -0.3 is 25.2 Å². The fraction of sp³-hybridized carbons (Fsp3) is 0.364. The van der Waals surface area contributed by atoms with Gasteiger partial charge in [-0.2, -0.15) is 0 Å². The number of benzene rings is 2. The standard InChI is InChI=1S/C22H24N4O3/c27-21-23-13-17-14-25(9-10-26(17)21)22(28)24-19-8-11-29-20-7-6-16(12-18(19)20)15-4-2-1-3-5-15/h1-7,12,17,19H,8-11,13-14H2,(H,23,27)(H,24,28). The van der Waals surface area contributed by atoms with Crippen LogP contribution in [0, 0.1) is 0 Å². The van der Waals surface area contributed by atoms with Gasteiger partial charge in [-0.1, -0.05) is 36.4 Å². The van der Waals surface area contributed by atoms with Crippen LogP contribution in [0.2, 0.25) is 0 Å². The molecule has 0 bridgehead atoms. The van der Waals surface area contributed by atoms with Gasteiger partial charge >= 0.3 is 12.1 Å². The third-order valence-electron chi connectivity index (χ3n) is 5.97. The molecule has 7 nitrogen and oxygen atoms in total. The van der Waals surface area contributed by atoms with E-state index in [1.54, 1.807) is 0 Å². The lowest BCUT2D eigenvalue weighted by atomic mass is 9.95. The van der Waals surface area contributed by atoms with Crippen LogP contribution in [-0.4, -0.2) is 60.7 Å². The van der Waals surface area contributed by atoms with Gasteiger partial charge in [-0.3, -0.25) is 0 Å². The summed E-state index contributed by atoms with van der Waals surface area (Å²) < 4.78 is 5.82. The molecule has 3 aliphatic heterocycles. The first kappa shape index (κ1) is 17.8. The van der Waals surface area contributed by atoms with E-state index in [1.165, 1.54) is 0 Å². The largest absolute Gasteiger partial charge is 0.493 e. The van der Waals surface area contributed by atoms with Crippen molar-refractivity contribution in [1.29, 1.82) is 0 Å². The van der Waals surface area contributed by atoms with Gasteiger partial charge in [-0.25, -0.2) is 9.59 Å². The van der Waals surface area contributed by atoms with Crippen LogP contribution >= 0.6 is 0 Å². The lowest BCUT2D eigenvalue weighted by Gasteiger charge is -2.37. The molecule has 2 aromatic carbocycles. The zero-order chi connectivity index (χ0) is 19.8. The molecule has 3 heterocycles. The van der Waals surface area contributed by atoms with Gasteiger partial charge in [0.25, 0.3) is 0 Å². The van der Waals surface area contributed by atoms with Gasteiger partial charge in [-0.05, 0) is 23.3 Å². The molecule has 2 atom stereocenters. The summed E-state index contributed by atoms with van der Waals surface area (Å²) in [6, 6.07) is 16.2. The minimum atomic E-state index is -0.0868. The maximum absolute atomic E-state index is 13.0. The van der Waals surface area contributed by atoms with E-state index in [-0.39, 0.29) is 24.1 Å². The fourth-order valence-corrected chi connectivity index (χ4v) is 4.38. The molecule has 4 amide bonds. The Kier molecular flexibility index (Phi) is 4.50. The molecule has 2 fully saturated rings. The molecule has 3 aliphatic rings. The molecule has 0 saturated carbocycles. The topological polar surface area (TPSA) is 73.9 Å². The molecule has 7 heteroatoms. The summed E-state index contributed by atoms with van der Waals surface area (Å²) >= 11 is 0. The van der Waals surface area contributed by atoms with Gasteiger partial charge in [0.2, 0.25) is 0 Å². The van der Waals surface area contributed by atoms with E-state index in [4.69, 9.17) is 4.74 Å². The van der Waals surface area contributed by atoms with Crippen LogP contribution < -0.4 is 15.4 Å². The second-order valence-electron chi connectivity index (χ2n) is 7.74. The first-order valence-electron chi connectivity index (χ1n) is 10.1. The van der Waals surface area contributed by atoms with Crippen molar-refractivity contribution in [1.82, 2.24) is 20.4 Å². The van der Waals surface area contributed by atoms with E-state index < -0.39 is 0 Å². The second kappa shape index (κ2) is 7.31. The smallest absolute Gasteiger partial charge is 0.318 e. The Morgan fingerprint density at radius 1 is 1.10 bits per heavy atom. The normalized spacial score (nSPS) is 23.0. The lowest BCUT2D eigenvalue weighted by molar-refractivity contribution is 0.126. The number of hydrogen-bond donors (Lipinski definition) is 2. The van der Waals surface area contributed by atoms with Crippen molar-refractivity contribution < 1.29 is 14.3 Å². The number of amides is 4. The Morgan fingerprint density at radius 2 is 1.97 bits per heavy atom. The molecular weight excluding hydrogens is 368 g/mol. The molecule has 2 unspecified atom stereocenters. The Labute approximate surface area is 169 Å². The van der Waals surface area contributed by atoms with Gasteiger partial charge in [0.15, 0.2) is 0 Å². The minimum Gasteiger partial charge on any atom is -0.493 e. The van der Waals surface area contributed by atoms with E-state index in [0.29, 0.717) is 32.8 Å². The first-order chi connectivity index (χ1) is 14.2. The summed E-state index contributed by atoms with van der Waals surface area (Å²) in [6.45, 7) is 2.87. The molecule has 0 radical (unpaired) electrons. The summed E-state index contributed by atoms with van der Waals surface area (Å²) in [7, 11) is 0. The predicted molar refractivity (Wildman–Crippen MR) is 109 cm³/mol. The van der Waals surface area contributed by atoms with E-state index >= 15 is 0 Å². The summed E-state index contributed by atoms with van der Waals surface area (Å²) in [4.78, 5) is 28.4. The Bertz CT molecular complexity index is 933. The van der Waals surface area contributed by atoms with E-state index in [1.807, 2.05) is 34.1 Å². The van der Waals surface area contributed by atoms with Crippen LogP contribution in [0.25, 0.3) is 11.1 Å². The first-order valence-corrected chi connectivity index (χ1v) is 10.1. The van der Waals surface area contributed by atoms with Crippen molar-refractivity contribution in [3.05, 3.63) is 54.1 Å². The fourth-order valence-electron chi connectivity index (χ4n) is 4.38. The monoisotopic (exact) mass is 392 g/mol. The molecule has 2 saturated heterocycles. The number of nitrogens with one attached hydrogen (secondary N) is 2. The summed E-state index contributed by atoms with van der Waals surface area (Å²) in [6.07, 6.45) is 0.737. The average molecular weight is 392 g/mol. The molecule has 150 valence electrons. The summed E-state index contributed by atoms with van der Waals surface area (Å²) in [5.74, 6) is 0.830. The van der Waals surface area contributed by atoms with Crippen LogP contribution in [0.3, 0.4) is 0 Å². The molecule has 0 spiro atoms. The molecule has 0 aromatic heterocycles. The van der Waals surface area contributed by atoms with Crippen molar-refractivity contribution >= 4 is 12.1 Å². The number of nitrogens with zero attached hydrogens (tertiary/aromatic N) is 2. The Morgan fingerprint density at radius 3 is 2.83 bits per heavy atom. The second-order valence-corrected chi connectivity index (χ2v) is 7.74. The average Bonchev–Trinajstić information content (AvgIpc) is 3.14. The Balaban J connectivity index is 1.33. The maximum Gasteiger partial charge on any atom is 0.318 e. The summed E-state index contributed by atoms with van der Waals surface area (Å²) in [5, 5.41) is 6.05. The van der Waals surface area contributed by atoms with E-state index in [9.17, 15) is 9.59 Å². The quantitative estimate of drug-likeness (QED) is 0.825. The zero-order valence-electron chi connectivity index (χ0n) is 16.1. The van der Waals surface area contributed by atoms with Gasteiger partial charge in [-0.15, -0.1) is 0 Å². The zero-order valence-corrected chi connectivity index (χ0v) is 16.1. The maximum atomic E-state index is 13.0. The molecular formula is C22H24N4O3. The lowest BCUT2D eigenvalue weighted by Crippen LogP contribution is -2.56. The van der Waals surface area contributed by atoms with Crippen molar-refractivity contribution in [2.45, 2.75) is 18.5 Å². The van der Waals surface area contributed by atoms with Gasteiger partial charge in [0, 0.05) is 38.2 Å². The molecule has 2 aromatic rings. The highest BCUT2D eigenvalue weighted by molar-refractivity contribution is 5.79. The number of fused-ring (bicyclic) bond motifs is 2. The third-order valence-corrected chi connectivity index (χ3v) is 5.97. The van der Waals surface area contributed by atoms with Crippen LogP contribution in [0.1, 0.15) is 18.0 Å². The summed E-state index contributed by atoms with van der Waals surface area (Å²) in [5.41, 5.74) is 3.26. The van der Waals surface area contributed by atoms with Gasteiger partial charge in [0.1, 0.15) is 5.75 Å². The highest BCUT2D eigenvalue weighted by Gasteiger charge is 2.37. The SMILES string of the molecule is O=C(NC1CCOc2ccc(-c3ccccc3)cc21)N1CCN2C(=O)NCC2C1. The van der Waals surface area contributed by atoms with Crippen LogP contribution in [0.4, 0.5) is 9.59 Å². The highest BCUT2D eigenvalue weighted by atomic mass is 16.5. The van der Waals surface area contributed by atoms with Crippen molar-refractivity contribution in [3.8, 4) is 16.9 Å². The molecule has 2 N–H and O–H groups in total. The van der Waals surface area contributed by atoms with Crippen molar-refractivity contribution in [2.75, 3.05) is 32.8 Å². The third kappa shape index (κ3) is 3.37. The van der Waals surface area contributed by atoms with Crippen molar-refractivity contribution in [2.24, 2.45) is 0 Å². The number of rotatable bonds is 2. The number of hydrogen-bond acceptors (Lipinski definition) is 3. The van der Waals surface area contributed by atoms with Crippen LogP contribution in [-0.2, 0) is 0 Å². The number of carbonyl (C=O) groups is 2. The Hall–Kier alpha value is -3.22. The minimum absolute atomic E-state index is 0.0261. The van der Waals surface area contributed by atoms with Crippen molar-refractivity contribution in [3.63, 3.8) is 0 Å². The van der Waals surface area contributed by atoms with Crippen LogP contribution in [0.15, 0.2) is 48.5 Å². The molecule has 0 aliphatic carbocycles. The highest BCUT2D eigenvalue weighted by Crippen LogP contribution is 2.35. The molecule has 29 heavy (non-hydrogen) atoms. The number of urea groups is 2. The van der Waals surface area contributed by atoms with E-state index in [0.717, 1.165) is 28.9 Å². The van der Waals surface area contributed by atoms with E-state index in [2.05, 4.69) is 34.9 Å². The van der Waals surface area contributed by atoms with Crippen LogP contribution in [0.5, 0.6) is 5.75 Å². The van der Waals surface area contributed by atoms with Gasteiger partial charge in [0.05, 0.1) is 18.7 Å².